The number of aliphatic carboxylic acids is 2. The van der Waals surface area contributed by atoms with Crippen molar-refractivity contribution in [1.29, 1.82) is 0 Å². The van der Waals surface area contributed by atoms with Gasteiger partial charge in [0.2, 0.25) is 35.4 Å². The lowest BCUT2D eigenvalue weighted by Crippen LogP contribution is -2.61. The van der Waals surface area contributed by atoms with Crippen LogP contribution in [0.25, 0.3) is 21.8 Å². The Morgan fingerprint density at radius 1 is 0.507 bits per heavy atom. The minimum atomic E-state index is -1.75. The zero-order chi connectivity index (χ0) is 48.8. The zero-order valence-electron chi connectivity index (χ0n) is 38.2. The van der Waals surface area contributed by atoms with Crippen molar-refractivity contribution < 1.29 is 48.6 Å². The summed E-state index contributed by atoms with van der Waals surface area (Å²) in [5, 5.41) is 37.4. The fourth-order valence-electron chi connectivity index (χ4n) is 7.85. The lowest BCUT2D eigenvalue weighted by atomic mass is 9.94. The Balaban J connectivity index is 1.36. The maximum absolute atomic E-state index is 14.3. The van der Waals surface area contributed by atoms with Gasteiger partial charge in [-0.3, -0.25) is 33.6 Å². The summed E-state index contributed by atoms with van der Waals surface area (Å²) in [7, 11) is 0. The lowest BCUT2D eigenvalue weighted by Gasteiger charge is -2.30. The number of H-pyrrole nitrogens is 2. The third-order valence-corrected chi connectivity index (χ3v) is 12.0. The smallest absolute Gasteiger partial charge is 0.326 e. The van der Waals surface area contributed by atoms with Crippen LogP contribution in [-0.2, 0) is 57.6 Å². The molecule has 356 valence electrons. The molecule has 18 nitrogen and oxygen atoms in total. The number of carbonyl (C=O) groups excluding carboxylic acids is 6. The molecular formula is C49H60N8O10. The Kier molecular flexibility index (Phi) is 17.8. The fourth-order valence-corrected chi connectivity index (χ4v) is 7.85. The van der Waals surface area contributed by atoms with E-state index in [0.29, 0.717) is 24.0 Å². The first-order chi connectivity index (χ1) is 32.0. The molecule has 0 aliphatic carbocycles. The highest BCUT2D eigenvalue weighted by molar-refractivity contribution is 5.98. The number of aromatic amines is 2. The van der Waals surface area contributed by atoms with E-state index >= 15 is 0 Å². The van der Waals surface area contributed by atoms with Gasteiger partial charge in [-0.05, 0) is 40.7 Å². The van der Waals surface area contributed by atoms with Crippen LogP contribution in [-0.4, -0.2) is 104 Å². The average Bonchev–Trinajstić information content (AvgIpc) is 3.91. The van der Waals surface area contributed by atoms with Crippen molar-refractivity contribution in [2.75, 3.05) is 0 Å². The normalized spacial score (nSPS) is 14.8. The maximum atomic E-state index is 14.3. The first-order valence-electron chi connectivity index (χ1n) is 22.4. The summed E-state index contributed by atoms with van der Waals surface area (Å²) in [6.45, 7) is 8.19. The van der Waals surface area contributed by atoms with Gasteiger partial charge >= 0.3 is 11.9 Å². The molecule has 3 aromatic carbocycles. The van der Waals surface area contributed by atoms with Crippen LogP contribution in [0.5, 0.6) is 0 Å². The molecule has 5 aromatic rings. The first-order valence-corrected chi connectivity index (χ1v) is 22.4. The SMILES string of the molecule is CC[C@@H](C)[C@H](NC(=O)[C@H](CC(=O)O)NC(=O)[C@H](Cc1c[nH]c2ccccc12)NC(=O)[C@@H](Cc1ccccc1)NC(C)=O)C(=O)N[C@H](C(=O)N[C@@H](Cc1c[nH]c2ccccc12)C(=O)O)[C@H](C)CC. The van der Waals surface area contributed by atoms with Crippen LogP contribution in [0.3, 0.4) is 0 Å². The second kappa shape index (κ2) is 23.6. The molecule has 0 saturated heterocycles. The monoisotopic (exact) mass is 920 g/mol. The molecule has 6 amide bonds. The summed E-state index contributed by atoms with van der Waals surface area (Å²) in [4.78, 5) is 114. The summed E-state index contributed by atoms with van der Waals surface area (Å²) in [5.74, 6) is -8.51. The van der Waals surface area contributed by atoms with Crippen molar-refractivity contribution in [2.24, 2.45) is 11.8 Å². The number of carboxylic acid groups (broad SMARTS) is 2. The third-order valence-electron chi connectivity index (χ3n) is 12.0. The van der Waals surface area contributed by atoms with E-state index in [2.05, 4.69) is 41.9 Å². The molecule has 0 saturated carbocycles. The van der Waals surface area contributed by atoms with E-state index in [0.717, 1.165) is 27.4 Å². The summed E-state index contributed by atoms with van der Waals surface area (Å²) in [5.41, 5.74) is 3.56. The first kappa shape index (κ1) is 50.5. The van der Waals surface area contributed by atoms with Crippen LogP contribution in [0.4, 0.5) is 0 Å². The molecule has 0 spiro atoms. The Labute approximate surface area is 387 Å². The highest BCUT2D eigenvalue weighted by Gasteiger charge is 2.37. The zero-order valence-corrected chi connectivity index (χ0v) is 38.2. The second-order valence-electron chi connectivity index (χ2n) is 16.9. The van der Waals surface area contributed by atoms with Crippen LogP contribution >= 0.6 is 0 Å². The van der Waals surface area contributed by atoms with Gasteiger partial charge in [0.15, 0.2) is 0 Å². The fraction of sp³-hybridized carbons (Fsp3) is 0.388. The number of benzene rings is 3. The molecule has 0 unspecified atom stereocenters. The standard InChI is InChI=1S/C49H60N8O10/c1-6-27(3)42(47(64)55-40(49(66)67)23-32-26-51-36-20-14-12-18-34(32)36)57-48(65)43(28(4)7-2)56-46(63)39(24-41(59)60)54-45(62)38(22-31-25-50-35-19-13-11-17-33(31)35)53-44(61)37(52-29(5)58)21-30-15-9-8-10-16-30/h8-20,25-28,37-40,42-43,50-51H,6-7,21-24H2,1-5H3,(H,52,58)(H,53,61)(H,54,62)(H,55,64)(H,56,63)(H,57,65)(H,59,60)(H,66,67)/t27-,28-,37-,38+,39+,40+,42+,43+/m1/s1. The van der Waals surface area contributed by atoms with Gasteiger partial charge < -0.3 is 52.1 Å². The molecule has 2 aromatic heterocycles. The predicted octanol–water partition coefficient (Wildman–Crippen LogP) is 3.26. The molecule has 8 atom stereocenters. The van der Waals surface area contributed by atoms with Crippen molar-refractivity contribution in [1.82, 2.24) is 41.9 Å². The molecule has 0 aliphatic rings. The molecule has 67 heavy (non-hydrogen) atoms. The van der Waals surface area contributed by atoms with E-state index in [9.17, 15) is 48.6 Å². The van der Waals surface area contributed by atoms with E-state index in [-0.39, 0.29) is 19.3 Å². The van der Waals surface area contributed by atoms with E-state index in [4.69, 9.17) is 0 Å². The second-order valence-corrected chi connectivity index (χ2v) is 16.9. The van der Waals surface area contributed by atoms with E-state index in [1.165, 1.54) is 6.92 Å². The van der Waals surface area contributed by atoms with Crippen molar-refractivity contribution in [3.63, 3.8) is 0 Å². The quantitative estimate of drug-likeness (QED) is 0.0431. The number of hydrogen-bond acceptors (Lipinski definition) is 8. The number of nitrogens with one attached hydrogen (secondary N) is 8. The van der Waals surface area contributed by atoms with Gasteiger partial charge in [0.05, 0.1) is 6.42 Å². The van der Waals surface area contributed by atoms with E-state index in [1.54, 1.807) is 76.5 Å². The summed E-state index contributed by atoms with van der Waals surface area (Å²) in [6, 6.07) is 15.3. The number of fused-ring (bicyclic) bond motifs is 2. The van der Waals surface area contributed by atoms with Gasteiger partial charge in [-0.15, -0.1) is 0 Å². The topological polar surface area (TPSA) is 281 Å². The summed E-state index contributed by atoms with van der Waals surface area (Å²) in [6.07, 6.45) is 3.11. The Bertz CT molecular complexity index is 2560. The lowest BCUT2D eigenvalue weighted by molar-refractivity contribution is -0.142. The Hall–Kier alpha value is -7.50. The molecule has 2 heterocycles. The predicted molar refractivity (Wildman–Crippen MR) is 250 cm³/mol. The third kappa shape index (κ3) is 13.8. The number of aromatic nitrogens is 2. The molecule has 10 N–H and O–H groups in total. The molecular weight excluding hydrogens is 861 g/mol. The Morgan fingerprint density at radius 3 is 1.42 bits per heavy atom. The molecule has 0 bridgehead atoms. The van der Waals surface area contributed by atoms with Crippen LogP contribution in [0.15, 0.2) is 91.3 Å². The van der Waals surface area contributed by atoms with Crippen LogP contribution in [0, 0.1) is 11.8 Å². The minimum absolute atomic E-state index is 0.0512. The highest BCUT2D eigenvalue weighted by atomic mass is 16.4. The summed E-state index contributed by atoms with van der Waals surface area (Å²) >= 11 is 0. The minimum Gasteiger partial charge on any atom is -0.481 e. The maximum Gasteiger partial charge on any atom is 0.326 e. The number of amides is 6. The number of hydrogen-bond donors (Lipinski definition) is 10. The van der Waals surface area contributed by atoms with Crippen molar-refractivity contribution >= 4 is 69.2 Å². The van der Waals surface area contributed by atoms with Crippen LogP contribution in [0.1, 0.15) is 70.6 Å². The Morgan fingerprint density at radius 2 is 0.925 bits per heavy atom. The number of rotatable bonds is 24. The van der Waals surface area contributed by atoms with Crippen LogP contribution in [0.2, 0.25) is 0 Å². The molecule has 0 aliphatic heterocycles. The van der Waals surface area contributed by atoms with Gasteiger partial charge in [0, 0.05) is 60.4 Å². The van der Waals surface area contributed by atoms with Gasteiger partial charge in [0.25, 0.3) is 0 Å². The van der Waals surface area contributed by atoms with Gasteiger partial charge in [0.1, 0.15) is 36.3 Å². The molecule has 5 rings (SSSR count). The highest BCUT2D eigenvalue weighted by Crippen LogP contribution is 2.22. The largest absolute Gasteiger partial charge is 0.481 e. The molecule has 0 radical (unpaired) electrons. The van der Waals surface area contributed by atoms with Crippen molar-refractivity contribution in [3.8, 4) is 0 Å². The van der Waals surface area contributed by atoms with Gasteiger partial charge in [-0.2, -0.15) is 0 Å². The van der Waals surface area contributed by atoms with Crippen molar-refractivity contribution in [2.45, 2.75) is 109 Å². The number of para-hydroxylation sites is 2. The molecule has 0 fully saturated rings. The number of carbonyl (C=O) groups is 8. The van der Waals surface area contributed by atoms with Gasteiger partial charge in [-0.1, -0.05) is 107 Å². The van der Waals surface area contributed by atoms with Gasteiger partial charge in [-0.25, -0.2) is 4.79 Å². The van der Waals surface area contributed by atoms with E-state index < -0.39 is 102 Å². The summed E-state index contributed by atoms with van der Waals surface area (Å²) < 4.78 is 0. The number of carboxylic acids is 2. The molecule has 18 heteroatoms. The van der Waals surface area contributed by atoms with Crippen molar-refractivity contribution in [3.05, 3.63) is 108 Å². The average molecular weight is 921 g/mol. The van der Waals surface area contributed by atoms with Crippen LogP contribution < -0.4 is 31.9 Å². The van der Waals surface area contributed by atoms with E-state index in [1.807, 2.05) is 42.5 Å².